The quantitative estimate of drug-likeness (QED) is 0.390. The fraction of sp³-hybridized carbons (Fsp3) is 0.167. The van der Waals surface area contributed by atoms with Crippen molar-refractivity contribution in [3.05, 3.63) is 74.3 Å². The van der Waals surface area contributed by atoms with E-state index in [0.29, 0.717) is 5.69 Å². The molecule has 10 heteroatoms. The highest BCUT2D eigenvalue weighted by Gasteiger charge is 2.27. The highest BCUT2D eigenvalue weighted by Crippen LogP contribution is 2.26. The fourth-order valence-electron chi connectivity index (χ4n) is 2.48. The highest BCUT2D eigenvalue weighted by molar-refractivity contribution is 5.95. The van der Waals surface area contributed by atoms with Crippen molar-refractivity contribution in [1.29, 1.82) is 0 Å². The van der Waals surface area contributed by atoms with Crippen molar-refractivity contribution in [1.82, 2.24) is 9.72 Å². The van der Waals surface area contributed by atoms with Crippen LogP contribution in [0.25, 0.3) is 5.82 Å². The van der Waals surface area contributed by atoms with Crippen molar-refractivity contribution in [3.8, 4) is 5.82 Å². The van der Waals surface area contributed by atoms with Gasteiger partial charge in [-0.05, 0) is 31.5 Å². The van der Waals surface area contributed by atoms with Gasteiger partial charge in [-0.25, -0.2) is 14.6 Å². The first-order chi connectivity index (χ1) is 13.4. The van der Waals surface area contributed by atoms with Crippen LogP contribution in [0.5, 0.6) is 0 Å². The molecule has 10 nitrogen and oxygen atoms in total. The van der Waals surface area contributed by atoms with Gasteiger partial charge in [-0.2, -0.15) is 0 Å². The molecular weight excluding hydrogens is 368 g/mol. The summed E-state index contributed by atoms with van der Waals surface area (Å²) in [6.45, 7) is 3.53. The average Bonchev–Trinajstić information content (AvgIpc) is 3.00. The number of hydrogen-bond donors (Lipinski definition) is 1. The zero-order chi connectivity index (χ0) is 20.3. The lowest BCUT2D eigenvalue weighted by atomic mass is 10.2. The number of nitro groups is 1. The number of pyridine rings is 1. The lowest BCUT2D eigenvalue weighted by Crippen LogP contribution is -2.15. The first kappa shape index (κ1) is 18.8. The Kier molecular flexibility index (Phi) is 5.21. The normalized spacial score (nSPS) is 10.5. The Hall–Kier alpha value is -3.95. The van der Waals surface area contributed by atoms with E-state index in [4.69, 9.17) is 9.26 Å². The summed E-state index contributed by atoms with van der Waals surface area (Å²) in [6.07, 6.45) is 1.02. The second kappa shape index (κ2) is 7.74. The van der Waals surface area contributed by atoms with Gasteiger partial charge in [0, 0.05) is 11.8 Å². The summed E-state index contributed by atoms with van der Waals surface area (Å²) in [6, 6.07) is 9.75. The minimum absolute atomic E-state index is 0.0131. The molecular formula is C18H16N4O6. The smallest absolute Gasteiger partial charge is 0.374 e. The van der Waals surface area contributed by atoms with Crippen molar-refractivity contribution in [2.24, 2.45) is 0 Å². The maximum absolute atomic E-state index is 12.3. The molecule has 0 atom stereocenters. The van der Waals surface area contributed by atoms with Crippen LogP contribution in [0.15, 0.2) is 51.9 Å². The number of nitrogens with one attached hydrogen (secondary N) is 1. The molecule has 0 bridgehead atoms. The van der Waals surface area contributed by atoms with Crippen LogP contribution in [0.4, 0.5) is 17.2 Å². The number of anilines is 2. The van der Waals surface area contributed by atoms with Gasteiger partial charge in [0.1, 0.15) is 6.20 Å². The highest BCUT2D eigenvalue weighted by atomic mass is 16.6. The molecule has 0 fully saturated rings. The maximum atomic E-state index is 12.3. The molecule has 0 aliphatic rings. The fourth-order valence-corrected chi connectivity index (χ4v) is 2.48. The third-order valence-electron chi connectivity index (χ3n) is 3.85. The van der Waals surface area contributed by atoms with Gasteiger partial charge < -0.3 is 14.6 Å². The van der Waals surface area contributed by atoms with Crippen LogP contribution in [0.3, 0.4) is 0 Å². The zero-order valence-corrected chi connectivity index (χ0v) is 15.0. The summed E-state index contributed by atoms with van der Waals surface area (Å²) in [7, 11) is 0. The van der Waals surface area contributed by atoms with Crippen LogP contribution in [-0.2, 0) is 4.74 Å². The van der Waals surface area contributed by atoms with Gasteiger partial charge in [0.2, 0.25) is 0 Å². The number of aryl methyl sites for hydroxylation is 1. The van der Waals surface area contributed by atoms with E-state index in [1.54, 1.807) is 19.1 Å². The number of rotatable bonds is 6. The molecule has 3 rings (SSSR count). The van der Waals surface area contributed by atoms with E-state index in [1.807, 2.05) is 19.1 Å². The number of aromatic nitrogens is 2. The van der Waals surface area contributed by atoms with Crippen molar-refractivity contribution in [2.75, 3.05) is 11.9 Å². The molecule has 1 aromatic carbocycles. The monoisotopic (exact) mass is 384 g/mol. The van der Waals surface area contributed by atoms with E-state index in [0.717, 1.165) is 16.5 Å². The summed E-state index contributed by atoms with van der Waals surface area (Å²) >= 11 is 0. The van der Waals surface area contributed by atoms with Crippen molar-refractivity contribution in [3.63, 3.8) is 0 Å². The standard InChI is InChI=1S/C18H16N4O6/c1-3-27-17(23)15-16(20-13-7-5-4-6-11(13)2)21(28-18(15)24)14-9-8-12(10-19-14)22(25)26/h4-10,20H,3H2,1-2H3. The first-order valence-electron chi connectivity index (χ1n) is 8.29. The number of carbonyl (C=O) groups excluding carboxylic acids is 1. The lowest BCUT2D eigenvalue weighted by Gasteiger charge is -2.11. The zero-order valence-electron chi connectivity index (χ0n) is 15.0. The van der Waals surface area contributed by atoms with Gasteiger partial charge in [0.15, 0.2) is 17.2 Å². The molecule has 0 amide bonds. The third-order valence-corrected chi connectivity index (χ3v) is 3.85. The molecule has 3 aromatic rings. The molecule has 0 unspecified atom stereocenters. The number of ether oxygens (including phenoxy) is 1. The summed E-state index contributed by atoms with van der Waals surface area (Å²) in [5.74, 6) is -0.763. The van der Waals surface area contributed by atoms with Crippen molar-refractivity contribution in [2.45, 2.75) is 13.8 Å². The minimum atomic E-state index is -0.922. The molecule has 1 N–H and O–H groups in total. The van der Waals surface area contributed by atoms with Gasteiger partial charge in [-0.15, -0.1) is 4.74 Å². The molecule has 2 aromatic heterocycles. The molecule has 0 radical (unpaired) electrons. The SMILES string of the molecule is CCOC(=O)c1c(Nc2ccccc2C)n(-c2ccc([N+](=O)[O-])cn2)oc1=O. The Morgan fingerprint density at radius 2 is 2.07 bits per heavy atom. The molecule has 0 spiro atoms. The second-order valence-corrected chi connectivity index (χ2v) is 5.69. The Labute approximate surface area is 158 Å². The summed E-state index contributed by atoms with van der Waals surface area (Å²) in [4.78, 5) is 38.8. The van der Waals surface area contributed by atoms with Crippen LogP contribution >= 0.6 is 0 Å². The number of esters is 1. The van der Waals surface area contributed by atoms with Gasteiger partial charge in [0.05, 0.1) is 11.5 Å². The molecule has 0 aliphatic carbocycles. The van der Waals surface area contributed by atoms with Crippen LogP contribution in [0, 0.1) is 17.0 Å². The topological polar surface area (TPSA) is 130 Å². The average molecular weight is 384 g/mol. The van der Waals surface area contributed by atoms with Crippen LogP contribution in [0.2, 0.25) is 0 Å². The molecule has 0 aliphatic heterocycles. The Morgan fingerprint density at radius 3 is 2.68 bits per heavy atom. The van der Waals surface area contributed by atoms with Gasteiger partial charge in [-0.3, -0.25) is 10.1 Å². The van der Waals surface area contributed by atoms with E-state index in [9.17, 15) is 19.7 Å². The summed E-state index contributed by atoms with van der Waals surface area (Å²) in [5, 5.41) is 13.8. The Bertz CT molecular complexity index is 1080. The van der Waals surface area contributed by atoms with E-state index in [1.165, 1.54) is 12.1 Å². The Balaban J connectivity index is 2.15. The van der Waals surface area contributed by atoms with Crippen molar-refractivity contribution >= 4 is 23.2 Å². The third kappa shape index (κ3) is 3.61. The van der Waals surface area contributed by atoms with Crippen molar-refractivity contribution < 1.29 is 19.0 Å². The van der Waals surface area contributed by atoms with Gasteiger partial charge in [-0.1, -0.05) is 18.2 Å². The molecule has 28 heavy (non-hydrogen) atoms. The minimum Gasteiger partial charge on any atom is -0.462 e. The number of para-hydroxylation sites is 1. The molecule has 0 saturated carbocycles. The number of carbonyl (C=O) groups is 1. The predicted octanol–water partition coefficient (Wildman–Crippen LogP) is 2.96. The molecule has 0 saturated heterocycles. The van der Waals surface area contributed by atoms with E-state index in [2.05, 4.69) is 10.3 Å². The number of nitrogens with zero attached hydrogens (tertiary/aromatic N) is 3. The Morgan fingerprint density at radius 1 is 1.32 bits per heavy atom. The largest absolute Gasteiger partial charge is 0.462 e. The summed E-state index contributed by atoms with van der Waals surface area (Å²) in [5.41, 5.74) is 0.0101. The molecule has 144 valence electrons. The van der Waals surface area contributed by atoms with E-state index >= 15 is 0 Å². The summed E-state index contributed by atoms with van der Waals surface area (Å²) < 4.78 is 11.1. The van der Waals surface area contributed by atoms with Gasteiger partial charge in [0.25, 0.3) is 5.69 Å². The van der Waals surface area contributed by atoms with Crippen LogP contribution < -0.4 is 10.9 Å². The number of benzene rings is 1. The van der Waals surface area contributed by atoms with Gasteiger partial charge >= 0.3 is 11.6 Å². The van der Waals surface area contributed by atoms with Crippen LogP contribution in [-0.4, -0.2) is 27.2 Å². The van der Waals surface area contributed by atoms with E-state index < -0.39 is 16.5 Å². The van der Waals surface area contributed by atoms with Crippen LogP contribution in [0.1, 0.15) is 22.8 Å². The number of hydrogen-bond acceptors (Lipinski definition) is 8. The molecule has 2 heterocycles. The predicted molar refractivity (Wildman–Crippen MR) is 99.2 cm³/mol. The van der Waals surface area contributed by atoms with E-state index in [-0.39, 0.29) is 29.5 Å². The second-order valence-electron chi connectivity index (χ2n) is 5.69. The first-order valence-corrected chi connectivity index (χ1v) is 8.29. The lowest BCUT2D eigenvalue weighted by molar-refractivity contribution is -0.385. The maximum Gasteiger partial charge on any atom is 0.374 e.